The van der Waals surface area contributed by atoms with E-state index in [1.165, 1.54) is 6.92 Å². The molecule has 10 nitrogen and oxygen atoms in total. The molecule has 0 bridgehead atoms. The number of hydrogen-bond acceptors (Lipinski definition) is 7. The first-order valence-electron chi connectivity index (χ1n) is 7.89. The Labute approximate surface area is 151 Å². The Morgan fingerprint density at radius 2 is 1.72 bits per heavy atom. The lowest BCUT2D eigenvalue weighted by Crippen LogP contribution is -2.53. The van der Waals surface area contributed by atoms with E-state index >= 15 is 0 Å². The highest BCUT2D eigenvalue weighted by molar-refractivity contribution is 7.80. The molecule has 25 heavy (non-hydrogen) atoms. The molecule has 0 saturated heterocycles. The van der Waals surface area contributed by atoms with Gasteiger partial charge in [0, 0.05) is 5.75 Å². The van der Waals surface area contributed by atoms with Crippen LogP contribution in [0, 0.1) is 0 Å². The number of carbonyl (C=O) groups is 4. The quantitative estimate of drug-likeness (QED) is 0.146. The van der Waals surface area contributed by atoms with Crippen LogP contribution in [0.15, 0.2) is 0 Å². The highest BCUT2D eigenvalue weighted by Gasteiger charge is 2.23. The third-order valence-corrected chi connectivity index (χ3v) is 3.60. The number of unbranched alkanes of at least 4 members (excludes halogenated alkanes) is 1. The van der Waals surface area contributed by atoms with E-state index < -0.39 is 48.4 Å². The van der Waals surface area contributed by atoms with Gasteiger partial charge in [0.25, 0.3) is 0 Å². The molecule has 0 spiro atoms. The molecule has 0 saturated carbocycles. The monoisotopic (exact) mass is 377 g/mol. The summed E-state index contributed by atoms with van der Waals surface area (Å²) in [6, 6.07) is -2.77. The van der Waals surface area contributed by atoms with Crippen molar-refractivity contribution in [1.29, 1.82) is 0 Å². The fourth-order valence-corrected chi connectivity index (χ4v) is 2.03. The Morgan fingerprint density at radius 1 is 1.08 bits per heavy atom. The van der Waals surface area contributed by atoms with Gasteiger partial charge in [-0.15, -0.1) is 0 Å². The van der Waals surface area contributed by atoms with Crippen LogP contribution in [-0.4, -0.2) is 65.8 Å². The second-order valence-electron chi connectivity index (χ2n) is 5.49. The van der Waals surface area contributed by atoms with E-state index in [-0.39, 0.29) is 5.75 Å². The number of carbonyl (C=O) groups excluding carboxylic acids is 3. The van der Waals surface area contributed by atoms with Gasteiger partial charge in [-0.3, -0.25) is 14.4 Å². The Hall–Kier alpha value is -1.85. The number of rotatable bonds is 12. The van der Waals surface area contributed by atoms with Crippen LogP contribution in [-0.2, 0) is 19.2 Å². The number of nitrogens with two attached hydrogens (primary N) is 2. The van der Waals surface area contributed by atoms with Gasteiger partial charge in [0.15, 0.2) is 0 Å². The fraction of sp³-hybridized carbons (Fsp3) is 0.714. The molecule has 11 heteroatoms. The lowest BCUT2D eigenvalue weighted by Gasteiger charge is -2.20. The first-order chi connectivity index (χ1) is 11.7. The zero-order valence-electron chi connectivity index (χ0n) is 14.2. The number of hydrogen-bond donors (Lipinski definition) is 7. The van der Waals surface area contributed by atoms with Crippen molar-refractivity contribution in [3.05, 3.63) is 0 Å². The maximum atomic E-state index is 12.2. The summed E-state index contributed by atoms with van der Waals surface area (Å²) >= 11 is 3.82. The van der Waals surface area contributed by atoms with Crippen LogP contribution < -0.4 is 27.4 Å². The third-order valence-electron chi connectivity index (χ3n) is 3.23. The molecule has 0 aromatic heterocycles. The standard InChI is InChI=1S/C14H27N5O5S/c1-8(16)12(21)19-9(4-2-3-5-15)13(22)17-6-11(20)18-10(7-25)14(23)24/h8-10,25H,2-7,15-16H2,1H3,(H,17,22)(H,18,20)(H,19,21)(H,23,24). The molecule has 3 atom stereocenters. The normalized spacial score (nSPS) is 14.1. The van der Waals surface area contributed by atoms with Crippen molar-refractivity contribution in [2.24, 2.45) is 11.5 Å². The van der Waals surface area contributed by atoms with E-state index in [0.29, 0.717) is 25.8 Å². The molecule has 0 aliphatic heterocycles. The first-order valence-corrected chi connectivity index (χ1v) is 8.52. The van der Waals surface area contributed by atoms with E-state index in [1.54, 1.807) is 0 Å². The highest BCUT2D eigenvalue weighted by atomic mass is 32.1. The predicted octanol–water partition coefficient (Wildman–Crippen LogP) is -2.44. The van der Waals surface area contributed by atoms with Gasteiger partial charge >= 0.3 is 5.97 Å². The molecule has 0 rings (SSSR count). The van der Waals surface area contributed by atoms with Gasteiger partial charge in [0.2, 0.25) is 17.7 Å². The molecular formula is C14H27N5O5S. The van der Waals surface area contributed by atoms with E-state index in [9.17, 15) is 19.2 Å². The zero-order chi connectivity index (χ0) is 19.4. The number of amides is 3. The molecule has 0 aliphatic carbocycles. The van der Waals surface area contributed by atoms with Crippen LogP contribution in [0.1, 0.15) is 26.2 Å². The van der Waals surface area contributed by atoms with Gasteiger partial charge in [0.05, 0.1) is 12.6 Å². The number of carboxylic acid groups (broad SMARTS) is 1. The Bertz CT molecular complexity index is 475. The smallest absolute Gasteiger partial charge is 0.327 e. The van der Waals surface area contributed by atoms with E-state index in [1.807, 2.05) is 0 Å². The summed E-state index contributed by atoms with van der Waals surface area (Å²) in [5, 5.41) is 15.9. The van der Waals surface area contributed by atoms with Crippen molar-refractivity contribution < 1.29 is 24.3 Å². The summed E-state index contributed by atoms with van der Waals surface area (Å²) in [7, 11) is 0. The number of nitrogens with one attached hydrogen (secondary N) is 3. The van der Waals surface area contributed by atoms with Crippen LogP contribution in [0.25, 0.3) is 0 Å². The van der Waals surface area contributed by atoms with Crippen molar-refractivity contribution in [1.82, 2.24) is 16.0 Å². The van der Waals surface area contributed by atoms with E-state index in [2.05, 4.69) is 28.6 Å². The summed E-state index contributed by atoms with van der Waals surface area (Å²) in [4.78, 5) is 46.4. The van der Waals surface area contributed by atoms with Gasteiger partial charge in [-0.05, 0) is 32.7 Å². The van der Waals surface area contributed by atoms with Gasteiger partial charge < -0.3 is 32.5 Å². The van der Waals surface area contributed by atoms with Crippen LogP contribution in [0.3, 0.4) is 0 Å². The summed E-state index contributed by atoms with van der Waals surface area (Å²) in [5.74, 6) is -3.02. The minimum absolute atomic E-state index is 0.0822. The highest BCUT2D eigenvalue weighted by Crippen LogP contribution is 2.01. The minimum atomic E-state index is -1.22. The van der Waals surface area contributed by atoms with E-state index in [4.69, 9.17) is 16.6 Å². The largest absolute Gasteiger partial charge is 0.480 e. The molecule has 0 fully saturated rings. The van der Waals surface area contributed by atoms with Gasteiger partial charge in [-0.1, -0.05) is 0 Å². The Morgan fingerprint density at radius 3 is 2.20 bits per heavy atom. The van der Waals surface area contributed by atoms with Crippen LogP contribution in [0.5, 0.6) is 0 Å². The molecule has 3 amide bonds. The van der Waals surface area contributed by atoms with Crippen molar-refractivity contribution in [3.8, 4) is 0 Å². The van der Waals surface area contributed by atoms with Crippen LogP contribution in [0.2, 0.25) is 0 Å². The summed E-state index contributed by atoms with van der Waals surface area (Å²) < 4.78 is 0. The second kappa shape index (κ2) is 12.5. The lowest BCUT2D eigenvalue weighted by atomic mass is 10.1. The van der Waals surface area contributed by atoms with Crippen molar-refractivity contribution in [3.63, 3.8) is 0 Å². The second-order valence-corrected chi connectivity index (χ2v) is 5.86. The van der Waals surface area contributed by atoms with Crippen molar-refractivity contribution in [2.45, 2.75) is 44.3 Å². The SMILES string of the molecule is CC(N)C(=O)NC(CCCCN)C(=O)NCC(=O)NC(CS)C(=O)O. The van der Waals surface area contributed by atoms with Gasteiger partial charge in [0.1, 0.15) is 12.1 Å². The predicted molar refractivity (Wildman–Crippen MR) is 94.9 cm³/mol. The zero-order valence-corrected chi connectivity index (χ0v) is 15.1. The maximum absolute atomic E-state index is 12.2. The van der Waals surface area contributed by atoms with Crippen LogP contribution >= 0.6 is 12.6 Å². The molecule has 0 heterocycles. The summed E-state index contributed by atoms with van der Waals surface area (Å²) in [6.45, 7) is 1.53. The number of aliphatic carboxylic acids is 1. The molecule has 0 aromatic rings. The molecule has 0 radical (unpaired) electrons. The van der Waals surface area contributed by atoms with Crippen molar-refractivity contribution in [2.75, 3.05) is 18.8 Å². The summed E-state index contributed by atoms with van der Waals surface area (Å²) in [5.41, 5.74) is 10.9. The van der Waals surface area contributed by atoms with Gasteiger partial charge in [-0.25, -0.2) is 4.79 Å². The lowest BCUT2D eigenvalue weighted by molar-refractivity contribution is -0.141. The third kappa shape index (κ3) is 9.89. The van der Waals surface area contributed by atoms with Crippen molar-refractivity contribution >= 4 is 36.3 Å². The molecule has 8 N–H and O–H groups in total. The number of thiol groups is 1. The molecular weight excluding hydrogens is 350 g/mol. The molecule has 0 aliphatic rings. The Kier molecular flexibility index (Phi) is 11.6. The average molecular weight is 377 g/mol. The minimum Gasteiger partial charge on any atom is -0.480 e. The van der Waals surface area contributed by atoms with Gasteiger partial charge in [-0.2, -0.15) is 12.6 Å². The molecule has 144 valence electrons. The summed E-state index contributed by atoms with van der Waals surface area (Å²) in [6.07, 6.45) is 1.64. The number of carboxylic acids is 1. The average Bonchev–Trinajstić information content (AvgIpc) is 2.56. The van der Waals surface area contributed by atoms with Crippen LogP contribution in [0.4, 0.5) is 0 Å². The maximum Gasteiger partial charge on any atom is 0.327 e. The fourth-order valence-electron chi connectivity index (χ4n) is 1.79. The first kappa shape index (κ1) is 23.1. The molecule has 3 unspecified atom stereocenters. The molecule has 0 aromatic carbocycles. The topological polar surface area (TPSA) is 177 Å². The van der Waals surface area contributed by atoms with E-state index in [0.717, 1.165) is 0 Å². The Balaban J connectivity index is 4.60.